The summed E-state index contributed by atoms with van der Waals surface area (Å²) in [5, 5.41) is 10.6. The molecule has 20 heavy (non-hydrogen) atoms. The predicted octanol–water partition coefficient (Wildman–Crippen LogP) is 3.86. The van der Waals surface area contributed by atoms with Gasteiger partial charge in [0.1, 0.15) is 17.5 Å². The second kappa shape index (κ2) is 4.43. The number of aliphatic hydroxyl groups is 1. The van der Waals surface area contributed by atoms with Crippen LogP contribution in [-0.4, -0.2) is 22.6 Å². The van der Waals surface area contributed by atoms with Gasteiger partial charge in [-0.2, -0.15) is 0 Å². The van der Waals surface area contributed by atoms with Crippen LogP contribution in [0.25, 0.3) is 5.57 Å². The Kier molecular flexibility index (Phi) is 3.07. The minimum atomic E-state index is -0.708. The van der Waals surface area contributed by atoms with Gasteiger partial charge in [-0.05, 0) is 62.4 Å². The summed E-state index contributed by atoms with van der Waals surface area (Å²) in [5.74, 6) is -0.00392. The lowest BCUT2D eigenvalue weighted by Crippen LogP contribution is -2.38. The number of fused-ring (bicyclic) bond motifs is 2. The largest absolute Gasteiger partial charge is 0.508 e. The minimum absolute atomic E-state index is 0.0878. The van der Waals surface area contributed by atoms with E-state index in [1.54, 1.807) is 0 Å². The van der Waals surface area contributed by atoms with E-state index in [-0.39, 0.29) is 11.5 Å². The molecular formula is C16H17BrO3. The maximum Gasteiger partial charge on any atom is 0.195 e. The number of hydrogen-bond donors (Lipinski definition) is 1. The third kappa shape index (κ3) is 1.85. The van der Waals surface area contributed by atoms with Crippen LogP contribution in [0.1, 0.15) is 36.5 Å². The van der Waals surface area contributed by atoms with E-state index in [0.29, 0.717) is 18.4 Å². The van der Waals surface area contributed by atoms with Crippen molar-refractivity contribution in [1.82, 2.24) is 0 Å². The summed E-state index contributed by atoms with van der Waals surface area (Å²) >= 11 is 3.46. The van der Waals surface area contributed by atoms with E-state index in [1.807, 2.05) is 32.9 Å². The highest BCUT2D eigenvalue weighted by Crippen LogP contribution is 2.46. The number of rotatable bonds is 1. The molecule has 1 fully saturated rings. The van der Waals surface area contributed by atoms with Gasteiger partial charge in [0.2, 0.25) is 0 Å². The number of aryl methyl sites for hydroxylation is 2. The van der Waals surface area contributed by atoms with Gasteiger partial charge in [0.25, 0.3) is 0 Å². The number of hydrogen-bond acceptors (Lipinski definition) is 3. The van der Waals surface area contributed by atoms with Crippen molar-refractivity contribution >= 4 is 27.3 Å². The fourth-order valence-electron chi connectivity index (χ4n) is 3.29. The van der Waals surface area contributed by atoms with Gasteiger partial charge < -0.3 is 9.84 Å². The normalized spacial score (nSPS) is 29.2. The molecule has 0 unspecified atom stereocenters. The number of ether oxygens (including phenoxy) is 1. The molecule has 106 valence electrons. The number of benzene rings is 1. The molecule has 0 aromatic heterocycles. The number of aliphatic hydroxyl groups excluding tert-OH is 1. The fourth-order valence-corrected chi connectivity index (χ4v) is 3.97. The SMILES string of the molecule is Cc1cc(Br)cc(C)c1C1=C(O)[C@@]2(C)CC[C@@H](O2)C1=O. The van der Waals surface area contributed by atoms with Crippen molar-refractivity contribution in [2.45, 2.75) is 45.3 Å². The zero-order valence-corrected chi connectivity index (χ0v) is 13.4. The van der Waals surface area contributed by atoms with E-state index < -0.39 is 11.7 Å². The molecule has 1 N–H and O–H groups in total. The highest BCUT2D eigenvalue weighted by Gasteiger charge is 2.50. The molecule has 0 amide bonds. The first-order valence-corrected chi connectivity index (χ1v) is 7.55. The van der Waals surface area contributed by atoms with Crippen molar-refractivity contribution < 1.29 is 14.6 Å². The van der Waals surface area contributed by atoms with E-state index in [9.17, 15) is 9.90 Å². The van der Waals surface area contributed by atoms with E-state index >= 15 is 0 Å². The van der Waals surface area contributed by atoms with Crippen molar-refractivity contribution in [1.29, 1.82) is 0 Å². The Balaban J connectivity index is 2.26. The van der Waals surface area contributed by atoms with Crippen molar-refractivity contribution in [2.24, 2.45) is 0 Å². The van der Waals surface area contributed by atoms with Crippen molar-refractivity contribution in [3.8, 4) is 0 Å². The second-order valence-corrected chi connectivity index (χ2v) is 6.79. The van der Waals surface area contributed by atoms with E-state index in [4.69, 9.17) is 4.74 Å². The average Bonchev–Trinajstić information content (AvgIpc) is 2.72. The van der Waals surface area contributed by atoms with Crippen LogP contribution >= 0.6 is 15.9 Å². The van der Waals surface area contributed by atoms with E-state index in [1.165, 1.54) is 0 Å². The number of ketones is 1. The van der Waals surface area contributed by atoms with Crippen LogP contribution in [-0.2, 0) is 9.53 Å². The van der Waals surface area contributed by atoms with Crippen molar-refractivity contribution in [3.05, 3.63) is 39.1 Å². The number of carbonyl (C=O) groups excluding carboxylic acids is 1. The van der Waals surface area contributed by atoms with Crippen LogP contribution in [0.2, 0.25) is 0 Å². The predicted molar refractivity (Wildman–Crippen MR) is 80.7 cm³/mol. The Hall–Kier alpha value is -1.13. The van der Waals surface area contributed by atoms with Crippen molar-refractivity contribution in [2.75, 3.05) is 0 Å². The Morgan fingerprint density at radius 2 is 1.95 bits per heavy atom. The van der Waals surface area contributed by atoms with Crippen LogP contribution in [0.15, 0.2) is 22.4 Å². The Bertz CT molecular complexity index is 624. The quantitative estimate of drug-likeness (QED) is 0.847. The summed E-state index contributed by atoms with van der Waals surface area (Å²) in [4.78, 5) is 12.6. The Morgan fingerprint density at radius 1 is 1.35 bits per heavy atom. The van der Waals surface area contributed by atoms with Gasteiger partial charge in [0.05, 0.1) is 5.57 Å². The van der Waals surface area contributed by atoms with Crippen LogP contribution < -0.4 is 0 Å². The summed E-state index contributed by atoms with van der Waals surface area (Å²) in [6.07, 6.45) is 0.957. The van der Waals surface area contributed by atoms with Crippen LogP contribution in [0.3, 0.4) is 0 Å². The number of Topliss-reactive ketones (excluding diaryl/α,β-unsaturated/α-hetero) is 1. The molecule has 1 aromatic carbocycles. The van der Waals surface area contributed by atoms with Crippen LogP contribution in [0.4, 0.5) is 0 Å². The zero-order chi connectivity index (χ0) is 14.7. The molecular weight excluding hydrogens is 320 g/mol. The highest BCUT2D eigenvalue weighted by atomic mass is 79.9. The smallest absolute Gasteiger partial charge is 0.195 e. The van der Waals surface area contributed by atoms with E-state index in [2.05, 4.69) is 15.9 Å². The van der Waals surface area contributed by atoms with Gasteiger partial charge in [0, 0.05) is 4.47 Å². The third-order valence-corrected chi connectivity index (χ3v) is 4.77. The fraction of sp³-hybridized carbons (Fsp3) is 0.438. The van der Waals surface area contributed by atoms with Gasteiger partial charge >= 0.3 is 0 Å². The lowest BCUT2D eigenvalue weighted by Gasteiger charge is -2.31. The third-order valence-electron chi connectivity index (χ3n) is 4.31. The maximum absolute atomic E-state index is 12.6. The first kappa shape index (κ1) is 13.8. The average molecular weight is 337 g/mol. The molecule has 2 heterocycles. The molecule has 4 heteroatoms. The lowest BCUT2D eigenvalue weighted by molar-refractivity contribution is -0.130. The first-order valence-electron chi connectivity index (χ1n) is 6.76. The van der Waals surface area contributed by atoms with Crippen LogP contribution in [0.5, 0.6) is 0 Å². The summed E-state index contributed by atoms with van der Waals surface area (Å²) in [6, 6.07) is 3.94. The maximum atomic E-state index is 12.6. The molecule has 3 rings (SSSR count). The van der Waals surface area contributed by atoms with Crippen LogP contribution in [0, 0.1) is 13.8 Å². The van der Waals surface area contributed by atoms with Gasteiger partial charge in [-0.25, -0.2) is 0 Å². The van der Waals surface area contributed by atoms with Gasteiger partial charge in [-0.1, -0.05) is 15.9 Å². The molecule has 2 aliphatic heterocycles. The molecule has 2 atom stereocenters. The highest BCUT2D eigenvalue weighted by molar-refractivity contribution is 9.10. The molecule has 0 saturated carbocycles. The number of halogens is 1. The molecule has 0 radical (unpaired) electrons. The summed E-state index contributed by atoms with van der Waals surface area (Å²) in [5.41, 5.74) is 2.55. The molecule has 1 saturated heterocycles. The topological polar surface area (TPSA) is 46.5 Å². The summed E-state index contributed by atoms with van der Waals surface area (Å²) < 4.78 is 6.67. The first-order chi connectivity index (χ1) is 9.33. The minimum Gasteiger partial charge on any atom is -0.508 e. The molecule has 2 bridgehead atoms. The number of carbonyl (C=O) groups is 1. The van der Waals surface area contributed by atoms with Gasteiger partial charge in [0.15, 0.2) is 5.78 Å². The Labute approximate surface area is 126 Å². The van der Waals surface area contributed by atoms with Crippen molar-refractivity contribution in [3.63, 3.8) is 0 Å². The van der Waals surface area contributed by atoms with E-state index in [0.717, 1.165) is 21.2 Å². The monoisotopic (exact) mass is 336 g/mol. The molecule has 2 aliphatic rings. The Morgan fingerprint density at radius 3 is 2.55 bits per heavy atom. The summed E-state index contributed by atoms with van der Waals surface area (Å²) in [6.45, 7) is 5.78. The van der Waals surface area contributed by atoms with Gasteiger partial charge in [-0.3, -0.25) is 4.79 Å². The molecule has 3 nitrogen and oxygen atoms in total. The lowest BCUT2D eigenvalue weighted by atomic mass is 9.87. The second-order valence-electron chi connectivity index (χ2n) is 5.88. The van der Waals surface area contributed by atoms with Gasteiger partial charge in [-0.15, -0.1) is 0 Å². The molecule has 1 aromatic rings. The zero-order valence-electron chi connectivity index (χ0n) is 11.8. The molecule has 0 aliphatic carbocycles. The molecule has 0 spiro atoms. The standard InChI is InChI=1S/C16H17BrO3/c1-8-6-10(17)7-9(2)12(8)13-14(18)11-4-5-16(3,20-11)15(13)19/h6-7,11,19H,4-5H2,1-3H3/t11-,16-/m1/s1. The summed E-state index contributed by atoms with van der Waals surface area (Å²) in [7, 11) is 0.